The third-order valence-electron chi connectivity index (χ3n) is 7.03. The van der Waals surface area contributed by atoms with Crippen LogP contribution in [0.2, 0.25) is 0 Å². The molecular weight excluding hydrogens is 522 g/mol. The van der Waals surface area contributed by atoms with Crippen molar-refractivity contribution in [2.75, 3.05) is 30.8 Å². The summed E-state index contributed by atoms with van der Waals surface area (Å²) in [6, 6.07) is 9.24. The number of nitrogens with zero attached hydrogens (tertiary/aromatic N) is 4. The summed E-state index contributed by atoms with van der Waals surface area (Å²) in [5.41, 5.74) is 4.96. The molecular formula is C26H29N7O3S2. The van der Waals surface area contributed by atoms with Gasteiger partial charge in [-0.1, -0.05) is 6.07 Å². The molecule has 12 heteroatoms. The van der Waals surface area contributed by atoms with Crippen molar-refractivity contribution in [3.05, 3.63) is 54.3 Å². The van der Waals surface area contributed by atoms with Crippen molar-refractivity contribution >= 4 is 57.2 Å². The highest BCUT2D eigenvalue weighted by Crippen LogP contribution is 2.47. The summed E-state index contributed by atoms with van der Waals surface area (Å²) in [7, 11) is 0. The molecule has 2 amide bonds. The first kappa shape index (κ1) is 26.1. The zero-order valence-electron chi connectivity index (χ0n) is 21.0. The van der Waals surface area contributed by atoms with Gasteiger partial charge in [0, 0.05) is 43.0 Å². The van der Waals surface area contributed by atoms with E-state index in [9.17, 15) is 14.7 Å². The van der Waals surface area contributed by atoms with Crippen LogP contribution in [0.4, 0.5) is 10.5 Å². The van der Waals surface area contributed by atoms with E-state index < -0.39 is 28.5 Å². The highest BCUT2D eigenvalue weighted by molar-refractivity contribution is 8.00. The Morgan fingerprint density at radius 2 is 2.18 bits per heavy atom. The second kappa shape index (κ2) is 10.7. The number of hydrogen-bond acceptors (Lipinski definition) is 9. The van der Waals surface area contributed by atoms with Crippen molar-refractivity contribution in [2.24, 2.45) is 10.9 Å². The number of aliphatic carboxylic acids is 1. The molecule has 1 aromatic carbocycles. The van der Waals surface area contributed by atoms with Gasteiger partial charge in [0.15, 0.2) is 0 Å². The molecule has 3 aromatic rings. The van der Waals surface area contributed by atoms with Crippen LogP contribution < -0.4 is 20.9 Å². The Morgan fingerprint density at radius 3 is 2.92 bits per heavy atom. The first-order chi connectivity index (χ1) is 18.4. The maximum absolute atomic E-state index is 13.1. The number of benzene rings is 1. The average molecular weight is 552 g/mol. The molecule has 0 bridgehead atoms. The van der Waals surface area contributed by atoms with Crippen LogP contribution in [0, 0.1) is 5.92 Å². The standard InChI is InChI=1S/C26H29N7O3S2/c1-3-28-24(36)32-26(21-15-27-11-8-25(21,37-2)23(34)35)31-10-6-12-33(26)17-13-18(19-7-4-5-9-29-19)22-20(14-17)30-16-38-22/h4-7,9-10,12-14,16,21,27H,3,8,11,15H2,1-2H3,(H,34,35)(H2,28,32,36). The van der Waals surface area contributed by atoms with Crippen molar-refractivity contribution in [2.45, 2.75) is 23.9 Å². The van der Waals surface area contributed by atoms with E-state index in [1.165, 1.54) is 23.1 Å². The van der Waals surface area contributed by atoms with E-state index in [4.69, 9.17) is 4.99 Å². The van der Waals surface area contributed by atoms with E-state index in [-0.39, 0.29) is 0 Å². The van der Waals surface area contributed by atoms with Crippen LogP contribution in [0.1, 0.15) is 13.3 Å². The monoisotopic (exact) mass is 551 g/mol. The number of fused-ring (bicyclic) bond motifs is 1. The number of thioether (sulfide) groups is 1. The summed E-state index contributed by atoms with van der Waals surface area (Å²) >= 11 is 2.82. The molecule has 4 heterocycles. The van der Waals surface area contributed by atoms with Gasteiger partial charge in [-0.05, 0) is 56.5 Å². The quantitative estimate of drug-likeness (QED) is 0.351. The van der Waals surface area contributed by atoms with Gasteiger partial charge in [-0.15, -0.1) is 23.1 Å². The van der Waals surface area contributed by atoms with Crippen molar-refractivity contribution in [1.82, 2.24) is 25.9 Å². The van der Waals surface area contributed by atoms with E-state index in [0.29, 0.717) is 31.7 Å². The fourth-order valence-corrected chi connectivity index (χ4v) is 7.08. The number of nitrogens with one attached hydrogen (secondary N) is 3. The lowest BCUT2D eigenvalue weighted by Crippen LogP contribution is -2.73. The van der Waals surface area contributed by atoms with Gasteiger partial charge in [-0.2, -0.15) is 0 Å². The van der Waals surface area contributed by atoms with Crippen molar-refractivity contribution in [3.63, 3.8) is 0 Å². The third-order valence-corrected chi connectivity index (χ3v) is 9.29. The van der Waals surface area contributed by atoms with Crippen molar-refractivity contribution in [3.8, 4) is 11.3 Å². The summed E-state index contributed by atoms with van der Waals surface area (Å²) in [4.78, 5) is 41.8. The second-order valence-corrected chi connectivity index (χ2v) is 11.0. The number of amides is 2. The number of aromatic nitrogens is 2. The minimum atomic E-state index is -1.44. The summed E-state index contributed by atoms with van der Waals surface area (Å²) < 4.78 is -0.206. The lowest BCUT2D eigenvalue weighted by atomic mass is 9.79. The number of rotatable bonds is 7. The average Bonchev–Trinajstić information content (AvgIpc) is 3.42. The number of carbonyl (C=O) groups excluding carboxylic acids is 1. The number of carbonyl (C=O) groups is 2. The first-order valence-corrected chi connectivity index (χ1v) is 14.4. The topological polar surface area (TPSA) is 132 Å². The maximum Gasteiger partial charge on any atom is 0.320 e. The highest BCUT2D eigenvalue weighted by atomic mass is 32.2. The molecule has 0 spiro atoms. The van der Waals surface area contributed by atoms with Gasteiger partial charge in [-0.25, -0.2) is 14.8 Å². The van der Waals surface area contributed by atoms with Gasteiger partial charge in [-0.3, -0.25) is 15.1 Å². The summed E-state index contributed by atoms with van der Waals surface area (Å²) in [5, 5.41) is 19.7. The Bertz CT molecular complexity index is 1400. The Balaban J connectivity index is 1.72. The molecule has 5 rings (SSSR count). The van der Waals surface area contributed by atoms with Crippen LogP contribution in [0.25, 0.3) is 21.5 Å². The van der Waals surface area contributed by atoms with Gasteiger partial charge in [0.1, 0.15) is 4.75 Å². The predicted molar refractivity (Wildman–Crippen MR) is 153 cm³/mol. The van der Waals surface area contributed by atoms with Gasteiger partial charge in [0.25, 0.3) is 0 Å². The van der Waals surface area contributed by atoms with Gasteiger partial charge in [0.05, 0.1) is 27.3 Å². The minimum Gasteiger partial charge on any atom is -0.480 e. The molecule has 2 aliphatic rings. The fraction of sp³-hybridized carbons (Fsp3) is 0.346. The number of aliphatic imine (C=N–C) groups is 1. The van der Waals surface area contributed by atoms with E-state index in [0.717, 1.165) is 21.5 Å². The van der Waals surface area contributed by atoms with Crippen LogP contribution in [-0.2, 0) is 4.79 Å². The number of urea groups is 1. The van der Waals surface area contributed by atoms with E-state index in [2.05, 4.69) is 25.9 Å². The second-order valence-electron chi connectivity index (χ2n) is 9.01. The van der Waals surface area contributed by atoms with Gasteiger partial charge >= 0.3 is 12.0 Å². The van der Waals surface area contributed by atoms with Crippen molar-refractivity contribution < 1.29 is 14.7 Å². The summed E-state index contributed by atoms with van der Waals surface area (Å²) in [6.07, 6.45) is 9.15. The largest absolute Gasteiger partial charge is 0.480 e. The SMILES string of the molecule is CCNC(=O)NC1(C2CNCCC2(SC)C(=O)O)N=CC=CN1c1cc(-c2ccccn2)c2scnc2c1. The molecule has 1 fully saturated rings. The molecule has 198 valence electrons. The number of anilines is 1. The number of carboxylic acid groups (broad SMARTS) is 1. The van der Waals surface area contributed by atoms with Crippen LogP contribution in [0.3, 0.4) is 0 Å². The van der Waals surface area contributed by atoms with Crippen molar-refractivity contribution in [1.29, 1.82) is 0 Å². The minimum absolute atomic E-state index is 0.341. The lowest BCUT2D eigenvalue weighted by molar-refractivity contribution is -0.143. The number of pyridine rings is 1. The van der Waals surface area contributed by atoms with Crippen LogP contribution in [0.15, 0.2) is 59.3 Å². The predicted octanol–water partition coefficient (Wildman–Crippen LogP) is 3.53. The normalized spacial score (nSPS) is 24.9. The Hall–Kier alpha value is -3.48. The van der Waals surface area contributed by atoms with E-state index in [1.54, 1.807) is 30.3 Å². The first-order valence-electron chi connectivity index (χ1n) is 12.3. The Labute approximate surface area is 228 Å². The molecule has 38 heavy (non-hydrogen) atoms. The smallest absolute Gasteiger partial charge is 0.320 e. The van der Waals surface area contributed by atoms with E-state index in [1.807, 2.05) is 48.4 Å². The molecule has 2 aliphatic heterocycles. The maximum atomic E-state index is 13.1. The number of hydrogen-bond donors (Lipinski definition) is 4. The number of piperidine rings is 1. The fourth-order valence-electron chi connectivity index (χ4n) is 5.27. The number of carboxylic acids is 1. The van der Waals surface area contributed by atoms with Crippen LogP contribution in [0.5, 0.6) is 0 Å². The van der Waals surface area contributed by atoms with E-state index >= 15 is 0 Å². The molecule has 1 saturated heterocycles. The number of thiazole rings is 1. The van der Waals surface area contributed by atoms with Gasteiger partial charge < -0.3 is 20.6 Å². The Morgan fingerprint density at radius 1 is 1.32 bits per heavy atom. The molecule has 0 radical (unpaired) electrons. The molecule has 3 unspecified atom stereocenters. The molecule has 2 aromatic heterocycles. The van der Waals surface area contributed by atoms with Crippen LogP contribution in [-0.4, -0.2) is 69.7 Å². The summed E-state index contributed by atoms with van der Waals surface area (Å²) in [5.74, 6) is -3.00. The van der Waals surface area contributed by atoms with Crippen LogP contribution >= 0.6 is 23.1 Å². The lowest BCUT2D eigenvalue weighted by Gasteiger charge is -2.53. The molecule has 0 aliphatic carbocycles. The molecule has 3 atom stereocenters. The zero-order valence-corrected chi connectivity index (χ0v) is 22.7. The molecule has 10 nitrogen and oxygen atoms in total. The summed E-state index contributed by atoms with van der Waals surface area (Å²) in [6.45, 7) is 3.13. The molecule has 4 N–H and O–H groups in total. The Kier molecular flexibility index (Phi) is 7.37. The zero-order chi connectivity index (χ0) is 26.8. The molecule has 0 saturated carbocycles. The highest BCUT2D eigenvalue weighted by Gasteiger charge is 2.60. The van der Waals surface area contributed by atoms with Gasteiger partial charge in [0.2, 0.25) is 5.79 Å². The third kappa shape index (κ3) is 4.42. The number of allylic oxidation sites excluding steroid dienone is 1.